The van der Waals surface area contributed by atoms with Crippen LogP contribution in [0.4, 0.5) is 15.8 Å². The van der Waals surface area contributed by atoms with Gasteiger partial charge in [-0.1, -0.05) is 30.3 Å². The van der Waals surface area contributed by atoms with Crippen molar-refractivity contribution in [1.82, 2.24) is 0 Å². The molecule has 0 aromatic heterocycles. The van der Waals surface area contributed by atoms with Crippen LogP contribution in [0.1, 0.15) is 18.4 Å². The lowest BCUT2D eigenvalue weighted by Crippen LogP contribution is -2.36. The molecular formula is C20H25FN2O2. The summed E-state index contributed by atoms with van der Waals surface area (Å²) in [5.41, 5.74) is 3.22. The van der Waals surface area contributed by atoms with E-state index in [0.29, 0.717) is 26.0 Å². The first-order valence-electron chi connectivity index (χ1n) is 8.49. The number of benzene rings is 2. The van der Waals surface area contributed by atoms with Crippen LogP contribution < -0.4 is 10.2 Å². The minimum atomic E-state index is -0.664. The monoisotopic (exact) mass is 344 g/mol. The maximum Gasteiger partial charge on any atom is 0.293 e. The number of carbonyl (C=O) groups is 1. The van der Waals surface area contributed by atoms with E-state index in [-0.39, 0.29) is 0 Å². The summed E-state index contributed by atoms with van der Waals surface area (Å²) in [6.07, 6.45) is 1.00. The predicted octanol–water partition coefficient (Wildman–Crippen LogP) is 4.03. The zero-order valence-corrected chi connectivity index (χ0v) is 14.5. The summed E-state index contributed by atoms with van der Waals surface area (Å²) in [5, 5.41) is 3.07. The van der Waals surface area contributed by atoms with Crippen LogP contribution in [0.2, 0.25) is 0 Å². The summed E-state index contributed by atoms with van der Waals surface area (Å²) in [6, 6.07) is 17.7. The fraction of sp³-hybridized carbons (Fsp3) is 0.350. The lowest BCUT2D eigenvalue weighted by molar-refractivity contribution is -0.129. The summed E-state index contributed by atoms with van der Waals surface area (Å²) in [4.78, 5) is 11.9. The molecule has 1 heterocycles. The molecule has 134 valence electrons. The first kappa shape index (κ1) is 18.8. The molecule has 1 unspecified atom stereocenters. The third-order valence-electron chi connectivity index (χ3n) is 4.05. The van der Waals surface area contributed by atoms with E-state index in [9.17, 15) is 9.18 Å². The molecule has 3 rings (SSSR count). The van der Waals surface area contributed by atoms with Crippen LogP contribution in [0.5, 0.6) is 0 Å². The average Bonchev–Trinajstić information content (AvgIpc) is 2.68. The van der Waals surface area contributed by atoms with Gasteiger partial charge in [0.25, 0.3) is 6.47 Å². The Morgan fingerprint density at radius 1 is 1.20 bits per heavy atom. The first-order valence-corrected chi connectivity index (χ1v) is 8.49. The van der Waals surface area contributed by atoms with Gasteiger partial charge in [0.1, 0.15) is 12.8 Å². The molecule has 0 spiro atoms. The number of alkyl halides is 1. The van der Waals surface area contributed by atoms with Gasteiger partial charge < -0.3 is 15.0 Å². The number of nitrogens with zero attached hydrogens (tertiary/aromatic N) is 1. The van der Waals surface area contributed by atoms with Crippen molar-refractivity contribution in [3.05, 3.63) is 60.2 Å². The molecule has 5 heteroatoms. The van der Waals surface area contributed by atoms with Gasteiger partial charge in [-0.05, 0) is 42.7 Å². The van der Waals surface area contributed by atoms with Gasteiger partial charge in [-0.25, -0.2) is 4.39 Å². The van der Waals surface area contributed by atoms with Crippen molar-refractivity contribution in [1.29, 1.82) is 0 Å². The molecule has 1 aliphatic rings. The van der Waals surface area contributed by atoms with Crippen molar-refractivity contribution in [2.24, 2.45) is 0 Å². The summed E-state index contributed by atoms with van der Waals surface area (Å²) in [5.74, 6) is 0. The molecule has 1 fully saturated rings. The number of hydrogen-bond acceptors (Lipinski definition) is 4. The highest BCUT2D eigenvalue weighted by atomic mass is 19.1. The van der Waals surface area contributed by atoms with Crippen molar-refractivity contribution in [3.63, 3.8) is 0 Å². The number of nitrogens with one attached hydrogen (secondary N) is 1. The van der Waals surface area contributed by atoms with Gasteiger partial charge in [-0.2, -0.15) is 0 Å². The van der Waals surface area contributed by atoms with E-state index in [1.807, 2.05) is 61.6 Å². The number of carbonyl (C=O) groups excluding carboxylic acids is 1. The number of hydrogen-bond donors (Lipinski definition) is 1. The fourth-order valence-electron chi connectivity index (χ4n) is 2.70. The van der Waals surface area contributed by atoms with Crippen molar-refractivity contribution < 1.29 is 13.9 Å². The summed E-state index contributed by atoms with van der Waals surface area (Å²) >= 11 is 0. The number of piperidine rings is 1. The largest absolute Gasteiger partial charge is 0.463 e. The Bertz CT molecular complexity index is 619. The van der Waals surface area contributed by atoms with Crippen LogP contribution in [-0.2, 0) is 16.1 Å². The standard InChI is InChI=1S/C12H17FN2.C8H8O2/c1-14-11-4-6-12(7-5-11)15-8-2-3-10(13)9-15;9-7-10-6-8-4-2-1-3-5-8/h4-7,10,14H,2-3,8-9H2,1H3;1-5,7H,6H2. The van der Waals surface area contributed by atoms with Crippen molar-refractivity contribution in [3.8, 4) is 0 Å². The molecule has 0 bridgehead atoms. The average molecular weight is 344 g/mol. The second-order valence-corrected chi connectivity index (χ2v) is 5.88. The van der Waals surface area contributed by atoms with E-state index in [2.05, 4.69) is 15.0 Å². The van der Waals surface area contributed by atoms with E-state index < -0.39 is 6.17 Å². The van der Waals surface area contributed by atoms with Crippen LogP contribution >= 0.6 is 0 Å². The molecule has 0 saturated carbocycles. The maximum absolute atomic E-state index is 13.2. The van der Waals surface area contributed by atoms with Gasteiger partial charge in [-0.3, -0.25) is 4.79 Å². The zero-order valence-electron chi connectivity index (χ0n) is 14.5. The van der Waals surface area contributed by atoms with Gasteiger partial charge in [0.2, 0.25) is 0 Å². The highest BCUT2D eigenvalue weighted by Gasteiger charge is 2.18. The molecule has 1 atom stereocenters. The molecule has 2 aromatic rings. The van der Waals surface area contributed by atoms with E-state index in [4.69, 9.17) is 0 Å². The molecule has 4 nitrogen and oxygen atoms in total. The Kier molecular flexibility index (Phi) is 7.76. The predicted molar refractivity (Wildman–Crippen MR) is 99.6 cm³/mol. The number of rotatable bonds is 5. The number of halogens is 1. The normalized spacial score (nSPS) is 16.4. The van der Waals surface area contributed by atoms with Crippen LogP contribution in [0, 0.1) is 0 Å². The van der Waals surface area contributed by atoms with E-state index >= 15 is 0 Å². The van der Waals surface area contributed by atoms with Crippen molar-refractivity contribution in [2.75, 3.05) is 30.4 Å². The Balaban J connectivity index is 0.000000196. The zero-order chi connectivity index (χ0) is 17.9. The Morgan fingerprint density at radius 3 is 2.52 bits per heavy atom. The van der Waals surface area contributed by atoms with Crippen LogP contribution in [0.15, 0.2) is 54.6 Å². The van der Waals surface area contributed by atoms with Crippen molar-refractivity contribution in [2.45, 2.75) is 25.6 Å². The van der Waals surface area contributed by atoms with Gasteiger partial charge in [-0.15, -0.1) is 0 Å². The highest BCUT2D eigenvalue weighted by Crippen LogP contribution is 2.22. The van der Waals surface area contributed by atoms with Gasteiger partial charge in [0, 0.05) is 31.5 Å². The van der Waals surface area contributed by atoms with E-state index in [0.717, 1.165) is 29.9 Å². The molecule has 1 aliphatic heterocycles. The minimum Gasteiger partial charge on any atom is -0.463 e. The highest BCUT2D eigenvalue weighted by molar-refractivity contribution is 5.55. The Labute approximate surface area is 148 Å². The molecule has 0 aliphatic carbocycles. The topological polar surface area (TPSA) is 41.6 Å². The molecule has 1 N–H and O–H groups in total. The van der Waals surface area contributed by atoms with Gasteiger partial charge in [0.15, 0.2) is 0 Å². The fourth-order valence-corrected chi connectivity index (χ4v) is 2.70. The summed E-state index contributed by atoms with van der Waals surface area (Å²) in [7, 11) is 1.90. The molecular weight excluding hydrogens is 319 g/mol. The van der Waals surface area contributed by atoms with E-state index in [1.165, 1.54) is 0 Å². The molecule has 2 aromatic carbocycles. The third-order valence-corrected chi connectivity index (χ3v) is 4.05. The lowest BCUT2D eigenvalue weighted by Gasteiger charge is -2.31. The van der Waals surface area contributed by atoms with E-state index in [1.54, 1.807) is 0 Å². The van der Waals surface area contributed by atoms with Gasteiger partial charge >= 0.3 is 0 Å². The second-order valence-electron chi connectivity index (χ2n) is 5.88. The Hall–Kier alpha value is -2.56. The maximum atomic E-state index is 13.2. The smallest absolute Gasteiger partial charge is 0.293 e. The van der Waals surface area contributed by atoms with Crippen LogP contribution in [0.3, 0.4) is 0 Å². The number of anilines is 2. The Morgan fingerprint density at radius 2 is 1.92 bits per heavy atom. The SMILES string of the molecule is CNc1ccc(N2CCCC(F)C2)cc1.O=COCc1ccccc1. The van der Waals surface area contributed by atoms with Crippen molar-refractivity contribution >= 4 is 17.8 Å². The first-order chi connectivity index (χ1) is 12.2. The summed E-state index contributed by atoms with van der Waals surface area (Å²) in [6.45, 7) is 2.33. The molecule has 25 heavy (non-hydrogen) atoms. The van der Waals surface area contributed by atoms with Gasteiger partial charge in [0.05, 0.1) is 0 Å². The molecule has 0 radical (unpaired) electrons. The quantitative estimate of drug-likeness (QED) is 0.832. The number of ether oxygens (including phenoxy) is 1. The van der Waals surface area contributed by atoms with Crippen LogP contribution in [-0.4, -0.2) is 32.8 Å². The lowest BCUT2D eigenvalue weighted by atomic mass is 10.1. The second kappa shape index (κ2) is 10.3. The molecule has 1 saturated heterocycles. The third kappa shape index (κ3) is 6.45. The summed E-state index contributed by atoms with van der Waals surface area (Å²) < 4.78 is 17.7. The van der Waals surface area contributed by atoms with Crippen LogP contribution in [0.25, 0.3) is 0 Å². The molecule has 0 amide bonds. The minimum absolute atomic E-state index is 0.365.